The number of nitrogens with zero attached hydrogens (tertiary/aromatic N) is 2. The molecule has 166 valence electrons. The van der Waals surface area contributed by atoms with E-state index in [9.17, 15) is 19.7 Å². The first-order valence-electron chi connectivity index (χ1n) is 9.75. The molecule has 0 bridgehead atoms. The third-order valence-corrected chi connectivity index (χ3v) is 4.71. The van der Waals surface area contributed by atoms with Gasteiger partial charge >= 0.3 is 5.76 Å². The molecular weight excluding hydrogens is 428 g/mol. The molecular formula is C23H18N4O6. The van der Waals surface area contributed by atoms with Crippen LogP contribution in [-0.4, -0.2) is 15.4 Å². The minimum atomic E-state index is -0.637. The molecule has 0 radical (unpaired) electrons. The highest BCUT2D eigenvalue weighted by Crippen LogP contribution is 2.21. The number of carbonyl (C=O) groups excluding carboxylic acids is 1. The maximum Gasteiger partial charge on any atom is 0.423 e. The van der Waals surface area contributed by atoms with E-state index in [1.54, 1.807) is 54.6 Å². The number of oxazole rings is 1. The summed E-state index contributed by atoms with van der Waals surface area (Å²) in [6, 6.07) is 19.0. The Hall–Kier alpha value is -4.86. The molecule has 33 heavy (non-hydrogen) atoms. The number of hydrogen-bond acceptors (Lipinski definition) is 7. The molecule has 1 heterocycles. The highest BCUT2D eigenvalue weighted by atomic mass is 16.6. The van der Waals surface area contributed by atoms with Crippen molar-refractivity contribution in [2.75, 3.05) is 11.1 Å². The fourth-order valence-corrected chi connectivity index (χ4v) is 3.05. The van der Waals surface area contributed by atoms with Gasteiger partial charge in [-0.05, 0) is 42.5 Å². The molecule has 10 heteroatoms. The van der Waals surface area contributed by atoms with Crippen LogP contribution in [0.1, 0.15) is 16.1 Å². The number of benzene rings is 3. The van der Waals surface area contributed by atoms with E-state index in [0.29, 0.717) is 22.6 Å². The Morgan fingerprint density at radius 2 is 1.85 bits per heavy atom. The quantitative estimate of drug-likeness (QED) is 0.250. The van der Waals surface area contributed by atoms with E-state index >= 15 is 0 Å². The van der Waals surface area contributed by atoms with Gasteiger partial charge in [0, 0.05) is 11.6 Å². The summed E-state index contributed by atoms with van der Waals surface area (Å²) in [5, 5.41) is 13.6. The van der Waals surface area contributed by atoms with Gasteiger partial charge in [-0.15, -0.1) is 0 Å². The van der Waals surface area contributed by atoms with Crippen LogP contribution in [0.25, 0.3) is 5.69 Å². The Labute approximate surface area is 187 Å². The number of nitrogens with two attached hydrogens (primary N) is 1. The SMILES string of the molecule is Nc1ccccc1NC(=O)c1ccc(-n2cc(COc3cccc([N+](=O)[O-])c3)oc2=O)cc1. The van der Waals surface area contributed by atoms with Crippen molar-refractivity contribution in [3.63, 3.8) is 0 Å². The zero-order chi connectivity index (χ0) is 23.4. The average Bonchev–Trinajstić information content (AvgIpc) is 3.20. The van der Waals surface area contributed by atoms with Crippen LogP contribution in [0.5, 0.6) is 5.75 Å². The van der Waals surface area contributed by atoms with Crippen LogP contribution in [0.3, 0.4) is 0 Å². The number of rotatable bonds is 7. The zero-order valence-corrected chi connectivity index (χ0v) is 17.1. The van der Waals surface area contributed by atoms with Crippen LogP contribution < -0.4 is 21.5 Å². The van der Waals surface area contributed by atoms with E-state index in [0.717, 1.165) is 0 Å². The number of para-hydroxylation sites is 2. The van der Waals surface area contributed by atoms with Gasteiger partial charge in [0.05, 0.1) is 34.2 Å². The van der Waals surface area contributed by atoms with Gasteiger partial charge in [0.15, 0.2) is 5.76 Å². The standard InChI is InChI=1S/C23H18N4O6/c24-20-6-1-2-7-21(20)25-22(28)15-8-10-16(11-9-15)26-13-19(33-23(26)29)14-32-18-5-3-4-17(12-18)27(30)31/h1-13H,14,24H2,(H,25,28). The van der Waals surface area contributed by atoms with Crippen molar-refractivity contribution in [1.29, 1.82) is 0 Å². The summed E-state index contributed by atoms with van der Waals surface area (Å²) in [5.41, 5.74) is 7.57. The summed E-state index contributed by atoms with van der Waals surface area (Å²) in [5.74, 6) is -0.478. The summed E-state index contributed by atoms with van der Waals surface area (Å²) in [7, 11) is 0. The summed E-state index contributed by atoms with van der Waals surface area (Å²) in [6.07, 6.45) is 1.46. The molecule has 0 aliphatic carbocycles. The smallest absolute Gasteiger partial charge is 0.423 e. The number of nitrogens with one attached hydrogen (secondary N) is 1. The molecule has 0 spiro atoms. The molecule has 10 nitrogen and oxygen atoms in total. The van der Waals surface area contributed by atoms with Crippen molar-refractivity contribution < 1.29 is 18.9 Å². The third-order valence-electron chi connectivity index (χ3n) is 4.71. The largest absolute Gasteiger partial charge is 0.485 e. The number of hydrogen-bond donors (Lipinski definition) is 2. The maximum atomic E-state index is 12.5. The van der Waals surface area contributed by atoms with Gasteiger partial charge in [-0.3, -0.25) is 14.9 Å². The summed E-state index contributed by atoms with van der Waals surface area (Å²) in [4.78, 5) is 35.0. The number of nitrogen functional groups attached to an aromatic ring is 1. The fraction of sp³-hybridized carbons (Fsp3) is 0.0435. The first-order chi connectivity index (χ1) is 15.9. The van der Waals surface area contributed by atoms with E-state index in [-0.39, 0.29) is 29.7 Å². The number of nitro benzene ring substituents is 1. The van der Waals surface area contributed by atoms with Crippen LogP contribution in [0.15, 0.2) is 88.2 Å². The second-order valence-electron chi connectivity index (χ2n) is 6.96. The Morgan fingerprint density at radius 1 is 1.09 bits per heavy atom. The summed E-state index contributed by atoms with van der Waals surface area (Å²) in [6.45, 7) is -0.0948. The molecule has 0 saturated carbocycles. The third kappa shape index (κ3) is 4.90. The van der Waals surface area contributed by atoms with E-state index in [4.69, 9.17) is 14.9 Å². The minimum absolute atomic E-state index is 0.0948. The lowest BCUT2D eigenvalue weighted by molar-refractivity contribution is -0.384. The normalized spacial score (nSPS) is 10.5. The molecule has 1 aromatic heterocycles. The molecule has 0 aliphatic heterocycles. The van der Waals surface area contributed by atoms with Gasteiger partial charge in [0.1, 0.15) is 12.4 Å². The van der Waals surface area contributed by atoms with Crippen LogP contribution >= 0.6 is 0 Å². The fourth-order valence-electron chi connectivity index (χ4n) is 3.05. The van der Waals surface area contributed by atoms with Gasteiger partial charge in [0.2, 0.25) is 0 Å². The number of ether oxygens (including phenoxy) is 1. The maximum absolute atomic E-state index is 12.5. The van der Waals surface area contributed by atoms with Crippen molar-refractivity contribution in [1.82, 2.24) is 4.57 Å². The second kappa shape index (κ2) is 9.10. The highest BCUT2D eigenvalue weighted by Gasteiger charge is 2.12. The van der Waals surface area contributed by atoms with Crippen LogP contribution in [0.2, 0.25) is 0 Å². The highest BCUT2D eigenvalue weighted by molar-refractivity contribution is 6.05. The first-order valence-corrected chi connectivity index (χ1v) is 9.75. The number of non-ortho nitro benzene ring substituents is 1. The molecule has 0 unspecified atom stereocenters. The minimum Gasteiger partial charge on any atom is -0.485 e. The van der Waals surface area contributed by atoms with Crippen LogP contribution in [0.4, 0.5) is 17.1 Å². The molecule has 3 aromatic carbocycles. The molecule has 4 aromatic rings. The lowest BCUT2D eigenvalue weighted by Crippen LogP contribution is -2.14. The lowest BCUT2D eigenvalue weighted by atomic mass is 10.2. The monoisotopic (exact) mass is 446 g/mol. The Bertz CT molecular complexity index is 1370. The predicted octanol–water partition coefficient (Wildman–Crippen LogP) is 3.75. The Morgan fingerprint density at radius 3 is 2.58 bits per heavy atom. The van der Waals surface area contributed by atoms with Crippen LogP contribution in [-0.2, 0) is 6.61 Å². The number of nitro groups is 1. The topological polar surface area (TPSA) is 143 Å². The number of anilines is 2. The van der Waals surface area contributed by atoms with Gasteiger partial charge in [-0.1, -0.05) is 18.2 Å². The van der Waals surface area contributed by atoms with E-state index in [1.165, 1.54) is 29.0 Å². The Balaban J connectivity index is 1.45. The van der Waals surface area contributed by atoms with Crippen LogP contribution in [0, 0.1) is 10.1 Å². The van der Waals surface area contributed by atoms with Gasteiger partial charge in [-0.2, -0.15) is 0 Å². The molecule has 0 atom stereocenters. The van der Waals surface area contributed by atoms with Crippen molar-refractivity contribution >= 4 is 23.0 Å². The summed E-state index contributed by atoms with van der Waals surface area (Å²) < 4.78 is 12.0. The zero-order valence-electron chi connectivity index (χ0n) is 17.1. The molecule has 0 fully saturated rings. The van der Waals surface area contributed by atoms with E-state index < -0.39 is 10.7 Å². The lowest BCUT2D eigenvalue weighted by Gasteiger charge is -2.08. The molecule has 0 aliphatic rings. The molecule has 4 rings (SSSR count). The van der Waals surface area contributed by atoms with Gasteiger partial charge < -0.3 is 20.2 Å². The number of carbonyl (C=O) groups is 1. The van der Waals surface area contributed by atoms with Gasteiger partial charge in [-0.25, -0.2) is 9.36 Å². The van der Waals surface area contributed by atoms with Crippen molar-refractivity contribution in [3.05, 3.63) is 111 Å². The molecule has 1 amide bonds. The second-order valence-corrected chi connectivity index (χ2v) is 6.96. The molecule has 0 saturated heterocycles. The van der Waals surface area contributed by atoms with Gasteiger partial charge in [0.25, 0.3) is 11.6 Å². The number of aromatic nitrogens is 1. The van der Waals surface area contributed by atoms with Crippen molar-refractivity contribution in [2.45, 2.75) is 6.61 Å². The van der Waals surface area contributed by atoms with Crippen molar-refractivity contribution in [3.8, 4) is 11.4 Å². The predicted molar refractivity (Wildman–Crippen MR) is 121 cm³/mol. The van der Waals surface area contributed by atoms with Crippen molar-refractivity contribution in [2.24, 2.45) is 0 Å². The Kier molecular flexibility index (Phi) is 5.90. The average molecular weight is 446 g/mol. The molecule has 3 N–H and O–H groups in total. The van der Waals surface area contributed by atoms with E-state index in [1.807, 2.05) is 0 Å². The first kappa shape index (κ1) is 21.4. The van der Waals surface area contributed by atoms with E-state index in [2.05, 4.69) is 5.32 Å². The summed E-state index contributed by atoms with van der Waals surface area (Å²) >= 11 is 0. The number of amides is 1.